The molecule has 0 radical (unpaired) electrons. The fourth-order valence-corrected chi connectivity index (χ4v) is 4.17. The van der Waals surface area contributed by atoms with Crippen molar-refractivity contribution in [2.24, 2.45) is 5.41 Å². The molecule has 0 aliphatic carbocycles. The van der Waals surface area contributed by atoms with E-state index in [0.717, 1.165) is 50.3 Å². The Kier molecular flexibility index (Phi) is 4.59. The number of methoxy groups -OCH3 is 1. The van der Waals surface area contributed by atoms with Crippen LogP contribution in [0.25, 0.3) is 0 Å². The van der Waals surface area contributed by atoms with Crippen LogP contribution in [0.1, 0.15) is 24.1 Å². The molecule has 2 aliphatic heterocycles. The van der Waals surface area contributed by atoms with E-state index in [1.165, 1.54) is 0 Å². The number of likely N-dealkylation sites (tertiary alicyclic amines) is 2. The van der Waals surface area contributed by atoms with E-state index in [9.17, 15) is 4.79 Å². The molecule has 2 aromatic heterocycles. The van der Waals surface area contributed by atoms with Crippen molar-refractivity contribution in [3.8, 4) is 5.88 Å². The van der Waals surface area contributed by atoms with Crippen molar-refractivity contribution in [3.05, 3.63) is 54.0 Å². The number of aromatic nitrogens is 2. The molecule has 2 saturated heterocycles. The van der Waals surface area contributed by atoms with Crippen molar-refractivity contribution in [2.45, 2.75) is 25.9 Å². The minimum Gasteiger partial charge on any atom is -0.481 e. The molecule has 2 aromatic rings. The van der Waals surface area contributed by atoms with Gasteiger partial charge in [-0.25, -0.2) is 4.98 Å². The third kappa shape index (κ3) is 3.17. The molecular formula is C20H24N4O2. The molecule has 0 aromatic carbocycles. The molecule has 4 heterocycles. The van der Waals surface area contributed by atoms with Gasteiger partial charge >= 0.3 is 0 Å². The molecule has 1 atom stereocenters. The van der Waals surface area contributed by atoms with Crippen molar-refractivity contribution in [1.82, 2.24) is 19.8 Å². The number of pyridine rings is 2. The molecule has 4 rings (SSSR count). The lowest BCUT2D eigenvalue weighted by molar-refractivity contribution is -0.136. The summed E-state index contributed by atoms with van der Waals surface area (Å²) < 4.78 is 5.36. The Balaban J connectivity index is 1.42. The van der Waals surface area contributed by atoms with Crippen molar-refractivity contribution < 1.29 is 9.53 Å². The summed E-state index contributed by atoms with van der Waals surface area (Å²) in [5.41, 5.74) is 1.79. The summed E-state index contributed by atoms with van der Waals surface area (Å²) in [5.74, 6) is 0.951. The van der Waals surface area contributed by atoms with Crippen LogP contribution in [0.5, 0.6) is 5.88 Å². The molecular weight excluding hydrogens is 328 g/mol. The Morgan fingerprint density at radius 3 is 2.73 bits per heavy atom. The van der Waals surface area contributed by atoms with E-state index in [1.54, 1.807) is 19.5 Å². The van der Waals surface area contributed by atoms with Crippen LogP contribution in [0, 0.1) is 5.41 Å². The second-order valence-electron chi connectivity index (χ2n) is 7.21. The van der Waals surface area contributed by atoms with E-state index in [1.807, 2.05) is 35.2 Å². The Hall–Kier alpha value is -2.47. The van der Waals surface area contributed by atoms with Gasteiger partial charge in [0.05, 0.1) is 24.8 Å². The zero-order chi connectivity index (χ0) is 18.0. The summed E-state index contributed by atoms with van der Waals surface area (Å²) in [6.07, 6.45) is 5.38. The van der Waals surface area contributed by atoms with E-state index < -0.39 is 0 Å². The average molecular weight is 352 g/mol. The second-order valence-corrected chi connectivity index (χ2v) is 7.21. The van der Waals surface area contributed by atoms with Gasteiger partial charge in [0, 0.05) is 37.6 Å². The molecule has 1 spiro atoms. The monoisotopic (exact) mass is 352 g/mol. The number of rotatable bonds is 5. The lowest BCUT2D eigenvalue weighted by atomic mass is 9.85. The highest BCUT2D eigenvalue weighted by atomic mass is 16.5. The summed E-state index contributed by atoms with van der Waals surface area (Å²) in [5, 5.41) is 0. The smallest absolute Gasteiger partial charge is 0.230 e. The van der Waals surface area contributed by atoms with Gasteiger partial charge in [0.2, 0.25) is 11.8 Å². The van der Waals surface area contributed by atoms with Gasteiger partial charge in [0.15, 0.2) is 0 Å². The molecule has 0 bridgehead atoms. The molecule has 6 nitrogen and oxygen atoms in total. The fraction of sp³-hybridized carbons (Fsp3) is 0.450. The average Bonchev–Trinajstić information content (AvgIpc) is 3.22. The minimum atomic E-state index is -0.232. The van der Waals surface area contributed by atoms with Crippen LogP contribution in [-0.2, 0) is 17.9 Å². The maximum Gasteiger partial charge on any atom is 0.230 e. The summed E-state index contributed by atoms with van der Waals surface area (Å²) in [6, 6.07) is 9.82. The summed E-state index contributed by atoms with van der Waals surface area (Å²) in [6.45, 7) is 3.94. The van der Waals surface area contributed by atoms with Gasteiger partial charge in [0.1, 0.15) is 0 Å². The lowest BCUT2D eigenvalue weighted by Crippen LogP contribution is -2.36. The highest BCUT2D eigenvalue weighted by Crippen LogP contribution is 2.41. The first-order chi connectivity index (χ1) is 12.7. The Morgan fingerprint density at radius 2 is 1.92 bits per heavy atom. The molecule has 1 amide bonds. The van der Waals surface area contributed by atoms with Gasteiger partial charge in [-0.3, -0.25) is 14.7 Å². The number of carbonyl (C=O) groups excluding carboxylic acids is 1. The van der Waals surface area contributed by atoms with Gasteiger partial charge in [-0.15, -0.1) is 0 Å². The van der Waals surface area contributed by atoms with Gasteiger partial charge in [-0.05, 0) is 37.6 Å². The van der Waals surface area contributed by atoms with Crippen LogP contribution >= 0.6 is 0 Å². The SMILES string of the molecule is COc1ncccc1CN1CC[C@@]2(CCN(Cc3ccccn3)C2=O)C1. The molecule has 0 N–H and O–H groups in total. The maximum atomic E-state index is 13.1. The molecule has 0 saturated carbocycles. The van der Waals surface area contributed by atoms with Gasteiger partial charge in [-0.2, -0.15) is 0 Å². The van der Waals surface area contributed by atoms with Crippen LogP contribution < -0.4 is 4.74 Å². The van der Waals surface area contributed by atoms with Crippen molar-refractivity contribution >= 4 is 5.91 Å². The van der Waals surface area contributed by atoms with Crippen molar-refractivity contribution in [3.63, 3.8) is 0 Å². The van der Waals surface area contributed by atoms with Gasteiger partial charge < -0.3 is 9.64 Å². The highest BCUT2D eigenvalue weighted by Gasteiger charge is 2.50. The third-order valence-corrected chi connectivity index (χ3v) is 5.55. The van der Waals surface area contributed by atoms with E-state index >= 15 is 0 Å². The van der Waals surface area contributed by atoms with E-state index in [0.29, 0.717) is 12.4 Å². The molecule has 0 unspecified atom stereocenters. The van der Waals surface area contributed by atoms with E-state index in [-0.39, 0.29) is 11.3 Å². The first-order valence-corrected chi connectivity index (χ1v) is 9.10. The van der Waals surface area contributed by atoms with E-state index in [4.69, 9.17) is 4.74 Å². The van der Waals surface area contributed by atoms with Gasteiger partial charge in [-0.1, -0.05) is 12.1 Å². The summed E-state index contributed by atoms with van der Waals surface area (Å²) in [7, 11) is 1.65. The topological polar surface area (TPSA) is 58.6 Å². The standard InChI is InChI=1S/C20H24N4O2/c1-26-18-16(5-4-10-22-18)13-23-11-7-20(15-23)8-12-24(19(20)25)14-17-6-2-3-9-21-17/h2-6,9-10H,7-8,11-15H2,1H3/t20-/m1/s1. The number of ether oxygens (including phenoxy) is 1. The second kappa shape index (κ2) is 7.03. The lowest BCUT2D eigenvalue weighted by Gasteiger charge is -2.24. The number of nitrogens with zero attached hydrogens (tertiary/aromatic N) is 4. The van der Waals surface area contributed by atoms with Crippen LogP contribution in [0.4, 0.5) is 0 Å². The van der Waals surface area contributed by atoms with Crippen molar-refractivity contribution in [1.29, 1.82) is 0 Å². The zero-order valence-corrected chi connectivity index (χ0v) is 15.1. The fourth-order valence-electron chi connectivity index (χ4n) is 4.17. The van der Waals surface area contributed by atoms with Crippen LogP contribution in [0.3, 0.4) is 0 Å². The largest absolute Gasteiger partial charge is 0.481 e. The maximum absolute atomic E-state index is 13.1. The van der Waals surface area contributed by atoms with E-state index in [2.05, 4.69) is 14.9 Å². The minimum absolute atomic E-state index is 0.232. The van der Waals surface area contributed by atoms with Crippen LogP contribution in [-0.4, -0.2) is 52.4 Å². The predicted molar refractivity (Wildman–Crippen MR) is 97.4 cm³/mol. The molecule has 6 heteroatoms. The Labute approximate surface area is 153 Å². The predicted octanol–water partition coefficient (Wildman–Crippen LogP) is 2.11. The number of amides is 1. The van der Waals surface area contributed by atoms with Crippen molar-refractivity contribution in [2.75, 3.05) is 26.7 Å². The first-order valence-electron chi connectivity index (χ1n) is 9.10. The Morgan fingerprint density at radius 1 is 1.08 bits per heavy atom. The molecule has 2 aliphatic rings. The highest BCUT2D eigenvalue weighted by molar-refractivity contribution is 5.85. The zero-order valence-electron chi connectivity index (χ0n) is 15.1. The molecule has 136 valence electrons. The van der Waals surface area contributed by atoms with Crippen LogP contribution in [0.15, 0.2) is 42.7 Å². The molecule has 2 fully saturated rings. The third-order valence-electron chi connectivity index (χ3n) is 5.55. The summed E-state index contributed by atoms with van der Waals surface area (Å²) >= 11 is 0. The summed E-state index contributed by atoms with van der Waals surface area (Å²) in [4.78, 5) is 26.0. The first kappa shape index (κ1) is 17.0. The molecule has 26 heavy (non-hydrogen) atoms. The Bertz CT molecular complexity index is 782. The van der Waals surface area contributed by atoms with Crippen LogP contribution in [0.2, 0.25) is 0 Å². The normalized spacial score (nSPS) is 23.1. The number of hydrogen-bond acceptors (Lipinski definition) is 5. The van der Waals surface area contributed by atoms with Gasteiger partial charge in [0.25, 0.3) is 0 Å². The number of hydrogen-bond donors (Lipinski definition) is 0. The number of carbonyl (C=O) groups is 1. The quantitative estimate of drug-likeness (QED) is 0.825.